The van der Waals surface area contributed by atoms with Crippen LogP contribution in [0.4, 0.5) is 18.9 Å². The van der Waals surface area contributed by atoms with Gasteiger partial charge in [0, 0.05) is 17.8 Å². The molecule has 0 bridgehead atoms. The van der Waals surface area contributed by atoms with Crippen LogP contribution >= 0.6 is 12.4 Å². The molecule has 0 saturated carbocycles. The molecule has 0 aliphatic carbocycles. The molecule has 1 amide bonds. The Morgan fingerprint density at radius 2 is 1.69 bits per heavy atom. The number of carbonyl (C=O) groups is 1. The Morgan fingerprint density at radius 1 is 1.03 bits per heavy atom. The number of nitrogens with two attached hydrogens (primary N) is 1. The molecule has 2 rings (SSSR count). The normalized spacial score (nSPS) is 10.7. The lowest BCUT2D eigenvalue weighted by atomic mass is 10.1. The van der Waals surface area contributed by atoms with Crippen LogP contribution in [0.25, 0.3) is 0 Å². The van der Waals surface area contributed by atoms with Crippen LogP contribution in [-0.2, 0) is 12.6 Å². The van der Waals surface area contributed by atoms with Crippen LogP contribution < -0.4 is 25.3 Å². The molecular formula is C19H22ClF3N2O4. The molecule has 0 heterocycles. The van der Waals surface area contributed by atoms with Gasteiger partial charge in [0.1, 0.15) is 0 Å². The highest BCUT2D eigenvalue weighted by molar-refractivity contribution is 5.99. The quantitative estimate of drug-likeness (QED) is 0.649. The standard InChI is InChI=1S/C19H21F3N2O4.ClH/c1-26-15-7-4-11(16(27-2)17(15)28-3)8-9-24-18(25)13-10-12(19(20,21)22)5-6-14(13)23;/h4-7,10H,8-9,23H2,1-3H3,(H,24,25);1H. The monoisotopic (exact) mass is 434 g/mol. The molecule has 0 aromatic heterocycles. The fraction of sp³-hybridized carbons (Fsp3) is 0.316. The maximum atomic E-state index is 12.8. The van der Waals surface area contributed by atoms with E-state index in [1.807, 2.05) is 0 Å². The SMILES string of the molecule is COc1ccc(CCNC(=O)c2cc(C(F)(F)F)ccc2N)c(OC)c1OC.Cl. The second kappa shape index (κ2) is 10.1. The summed E-state index contributed by atoms with van der Waals surface area (Å²) < 4.78 is 54.4. The maximum Gasteiger partial charge on any atom is 0.416 e. The largest absolute Gasteiger partial charge is 0.493 e. The Bertz CT molecular complexity index is 860. The molecule has 0 aliphatic rings. The summed E-state index contributed by atoms with van der Waals surface area (Å²) >= 11 is 0. The van der Waals surface area contributed by atoms with Gasteiger partial charge in [-0.2, -0.15) is 13.2 Å². The first kappa shape index (κ1) is 24.2. The molecule has 0 atom stereocenters. The number of nitrogen functional groups attached to an aromatic ring is 1. The van der Waals surface area contributed by atoms with Crippen LogP contribution in [0.1, 0.15) is 21.5 Å². The van der Waals surface area contributed by atoms with E-state index in [4.69, 9.17) is 19.9 Å². The molecule has 2 aromatic carbocycles. The van der Waals surface area contributed by atoms with Crippen LogP contribution in [0, 0.1) is 0 Å². The van der Waals surface area contributed by atoms with Crippen LogP contribution in [-0.4, -0.2) is 33.8 Å². The first-order valence-electron chi connectivity index (χ1n) is 8.25. The molecule has 0 saturated heterocycles. The number of ether oxygens (including phenoxy) is 3. The number of alkyl halides is 3. The summed E-state index contributed by atoms with van der Waals surface area (Å²) in [4.78, 5) is 12.3. The molecule has 160 valence electrons. The Balaban J connectivity index is 0.00000420. The molecule has 0 fully saturated rings. The van der Waals surface area contributed by atoms with Crippen LogP contribution in [0.3, 0.4) is 0 Å². The Morgan fingerprint density at radius 3 is 2.24 bits per heavy atom. The van der Waals surface area contributed by atoms with Gasteiger partial charge < -0.3 is 25.3 Å². The van der Waals surface area contributed by atoms with Gasteiger partial charge in [0.15, 0.2) is 11.5 Å². The van der Waals surface area contributed by atoms with Crippen molar-refractivity contribution in [3.8, 4) is 17.2 Å². The van der Waals surface area contributed by atoms with Gasteiger partial charge in [-0.15, -0.1) is 12.4 Å². The highest BCUT2D eigenvalue weighted by atomic mass is 35.5. The number of benzene rings is 2. The van der Waals surface area contributed by atoms with Gasteiger partial charge >= 0.3 is 6.18 Å². The van der Waals surface area contributed by atoms with Crippen molar-refractivity contribution in [3.05, 3.63) is 47.0 Å². The lowest BCUT2D eigenvalue weighted by molar-refractivity contribution is -0.137. The van der Waals surface area contributed by atoms with Gasteiger partial charge in [-0.1, -0.05) is 6.07 Å². The first-order valence-corrected chi connectivity index (χ1v) is 8.25. The smallest absolute Gasteiger partial charge is 0.416 e. The summed E-state index contributed by atoms with van der Waals surface area (Å²) in [5, 5.41) is 2.57. The molecule has 0 radical (unpaired) electrons. The number of hydrogen-bond donors (Lipinski definition) is 2. The average Bonchev–Trinajstić information content (AvgIpc) is 2.66. The number of methoxy groups -OCH3 is 3. The maximum absolute atomic E-state index is 12.8. The predicted molar refractivity (Wildman–Crippen MR) is 105 cm³/mol. The topological polar surface area (TPSA) is 82.8 Å². The van der Waals surface area contributed by atoms with Crippen molar-refractivity contribution in [1.29, 1.82) is 0 Å². The number of nitrogens with one attached hydrogen (secondary N) is 1. The number of anilines is 1. The second-order valence-corrected chi connectivity index (χ2v) is 5.80. The van der Waals surface area contributed by atoms with E-state index >= 15 is 0 Å². The molecule has 0 aliphatic heterocycles. The fourth-order valence-corrected chi connectivity index (χ4v) is 2.70. The van der Waals surface area contributed by atoms with Gasteiger partial charge in [0.25, 0.3) is 5.91 Å². The lowest BCUT2D eigenvalue weighted by Gasteiger charge is -2.16. The van der Waals surface area contributed by atoms with Crippen molar-refractivity contribution in [3.63, 3.8) is 0 Å². The third-order valence-electron chi connectivity index (χ3n) is 4.09. The van der Waals surface area contributed by atoms with Crippen molar-refractivity contribution in [1.82, 2.24) is 5.32 Å². The Kier molecular flexibility index (Phi) is 8.44. The molecule has 10 heteroatoms. The number of hydrogen-bond acceptors (Lipinski definition) is 5. The van der Waals surface area contributed by atoms with Crippen molar-refractivity contribution in [2.24, 2.45) is 0 Å². The predicted octanol–water partition coefficient (Wildman–Crippen LogP) is 3.71. The van der Waals surface area contributed by atoms with Crippen molar-refractivity contribution in [2.45, 2.75) is 12.6 Å². The zero-order chi connectivity index (χ0) is 20.9. The molecule has 0 spiro atoms. The molecule has 0 unspecified atom stereocenters. The van der Waals surface area contributed by atoms with E-state index in [1.165, 1.54) is 21.3 Å². The summed E-state index contributed by atoms with van der Waals surface area (Å²) in [5.74, 6) is 0.664. The van der Waals surface area contributed by atoms with Crippen LogP contribution in [0.5, 0.6) is 17.2 Å². The van der Waals surface area contributed by atoms with E-state index < -0.39 is 17.6 Å². The minimum absolute atomic E-state index is 0. The van der Waals surface area contributed by atoms with Crippen molar-refractivity contribution in [2.75, 3.05) is 33.6 Å². The third kappa shape index (κ3) is 5.60. The zero-order valence-electron chi connectivity index (χ0n) is 16.1. The van der Waals surface area contributed by atoms with Gasteiger partial charge in [0.2, 0.25) is 5.75 Å². The van der Waals surface area contributed by atoms with Crippen LogP contribution in [0.2, 0.25) is 0 Å². The highest BCUT2D eigenvalue weighted by Crippen LogP contribution is 2.39. The number of rotatable bonds is 7. The number of halogens is 4. The molecule has 6 nitrogen and oxygen atoms in total. The van der Waals surface area contributed by atoms with E-state index in [0.717, 1.165) is 23.8 Å². The summed E-state index contributed by atoms with van der Waals surface area (Å²) in [5.41, 5.74) is 5.19. The number of carbonyl (C=O) groups excluding carboxylic acids is 1. The Hall–Kier alpha value is -2.81. The summed E-state index contributed by atoms with van der Waals surface area (Å²) in [7, 11) is 4.45. The van der Waals surface area contributed by atoms with Crippen LogP contribution in [0.15, 0.2) is 30.3 Å². The Labute approximate surface area is 172 Å². The summed E-state index contributed by atoms with van der Waals surface area (Å²) in [6, 6.07) is 6.09. The first-order chi connectivity index (χ1) is 13.2. The van der Waals surface area contributed by atoms with Gasteiger partial charge in [-0.05, 0) is 30.7 Å². The van der Waals surface area contributed by atoms with Gasteiger partial charge in [-0.25, -0.2) is 0 Å². The fourth-order valence-electron chi connectivity index (χ4n) is 2.70. The second-order valence-electron chi connectivity index (χ2n) is 5.80. The van der Waals surface area contributed by atoms with E-state index in [-0.39, 0.29) is 30.2 Å². The van der Waals surface area contributed by atoms with E-state index in [2.05, 4.69) is 5.32 Å². The van der Waals surface area contributed by atoms with E-state index in [1.54, 1.807) is 12.1 Å². The lowest BCUT2D eigenvalue weighted by Crippen LogP contribution is -2.27. The minimum Gasteiger partial charge on any atom is -0.493 e. The molecular weight excluding hydrogens is 413 g/mol. The average molecular weight is 435 g/mol. The van der Waals surface area contributed by atoms with Crippen molar-refractivity contribution >= 4 is 24.0 Å². The molecule has 2 aromatic rings. The zero-order valence-corrected chi connectivity index (χ0v) is 16.9. The molecule has 3 N–H and O–H groups in total. The molecule has 29 heavy (non-hydrogen) atoms. The van der Waals surface area contributed by atoms with E-state index in [0.29, 0.717) is 23.7 Å². The highest BCUT2D eigenvalue weighted by Gasteiger charge is 2.31. The summed E-state index contributed by atoms with van der Waals surface area (Å²) in [6.45, 7) is 0.153. The minimum atomic E-state index is -4.56. The van der Waals surface area contributed by atoms with Crippen molar-refractivity contribution < 1.29 is 32.2 Å². The summed E-state index contributed by atoms with van der Waals surface area (Å²) in [6.07, 6.45) is -4.20. The van der Waals surface area contributed by atoms with Gasteiger partial charge in [-0.3, -0.25) is 4.79 Å². The third-order valence-corrected chi connectivity index (χ3v) is 4.09. The van der Waals surface area contributed by atoms with Gasteiger partial charge in [0.05, 0.1) is 32.5 Å². The van der Waals surface area contributed by atoms with E-state index in [9.17, 15) is 18.0 Å². The number of amides is 1.